The molecule has 0 saturated carbocycles. The van der Waals surface area contributed by atoms with Gasteiger partial charge in [-0.3, -0.25) is 0 Å². The first-order valence-electron chi connectivity index (χ1n) is 7.63. The molecule has 3 heteroatoms. The van der Waals surface area contributed by atoms with Gasteiger partial charge in [-0.15, -0.1) is 11.3 Å². The van der Waals surface area contributed by atoms with E-state index in [2.05, 4.69) is 65.1 Å². The van der Waals surface area contributed by atoms with Crippen molar-refractivity contribution in [1.82, 2.24) is 9.55 Å². The molecule has 1 atom stereocenters. The van der Waals surface area contributed by atoms with Crippen LogP contribution in [0.3, 0.4) is 0 Å². The number of rotatable bonds is 3. The number of imidazole rings is 1. The number of thiophene rings is 1. The third kappa shape index (κ3) is 2.42. The zero-order valence-corrected chi connectivity index (χ0v) is 13.4. The second kappa shape index (κ2) is 5.58. The van der Waals surface area contributed by atoms with Crippen LogP contribution in [0.2, 0.25) is 0 Å². The summed E-state index contributed by atoms with van der Waals surface area (Å²) in [4.78, 5) is 7.06. The summed E-state index contributed by atoms with van der Waals surface area (Å²) < 4.78 is 2.20. The Morgan fingerprint density at radius 1 is 1.18 bits per heavy atom. The van der Waals surface area contributed by atoms with E-state index in [9.17, 15) is 0 Å². The quantitative estimate of drug-likeness (QED) is 0.670. The van der Waals surface area contributed by atoms with Crippen molar-refractivity contribution in [2.45, 2.75) is 25.8 Å². The van der Waals surface area contributed by atoms with Crippen LogP contribution in [-0.2, 0) is 6.42 Å². The highest BCUT2D eigenvalue weighted by Crippen LogP contribution is 2.37. The fourth-order valence-electron chi connectivity index (χ4n) is 3.09. The number of fused-ring (bicyclic) bond motifs is 1. The average Bonchev–Trinajstić information content (AvgIpc) is 3.18. The van der Waals surface area contributed by atoms with Gasteiger partial charge >= 0.3 is 0 Å². The summed E-state index contributed by atoms with van der Waals surface area (Å²) in [5.74, 6) is 0. The smallest absolute Gasteiger partial charge is 0.0954 e. The van der Waals surface area contributed by atoms with Crippen molar-refractivity contribution in [2.24, 2.45) is 0 Å². The van der Waals surface area contributed by atoms with Crippen molar-refractivity contribution in [3.05, 3.63) is 81.6 Å². The van der Waals surface area contributed by atoms with Crippen LogP contribution in [0, 0.1) is 0 Å². The summed E-state index contributed by atoms with van der Waals surface area (Å²) in [6.45, 7) is 2.23. The third-order valence-corrected chi connectivity index (χ3v) is 5.41. The second-order valence-electron chi connectivity index (χ2n) is 5.85. The van der Waals surface area contributed by atoms with Crippen molar-refractivity contribution in [3.8, 4) is 0 Å². The Bertz CT molecular complexity index is 797. The van der Waals surface area contributed by atoms with Crippen molar-refractivity contribution < 1.29 is 0 Å². The minimum atomic E-state index is 0.216. The van der Waals surface area contributed by atoms with Crippen molar-refractivity contribution >= 4 is 17.4 Å². The number of benzene rings is 1. The van der Waals surface area contributed by atoms with Gasteiger partial charge in [-0.2, -0.15) is 0 Å². The van der Waals surface area contributed by atoms with Crippen molar-refractivity contribution in [2.75, 3.05) is 0 Å². The lowest BCUT2D eigenvalue weighted by Gasteiger charge is -2.17. The molecule has 1 aromatic carbocycles. The fourth-order valence-corrected chi connectivity index (χ4v) is 4.46. The Morgan fingerprint density at radius 3 is 2.82 bits per heavy atom. The minimum Gasteiger partial charge on any atom is -0.325 e. The zero-order valence-electron chi connectivity index (χ0n) is 12.6. The lowest BCUT2D eigenvalue weighted by atomic mass is 9.98. The number of nitrogens with zero attached hydrogens (tertiary/aromatic N) is 2. The van der Waals surface area contributed by atoms with Gasteiger partial charge in [-0.05, 0) is 43.0 Å². The summed E-state index contributed by atoms with van der Waals surface area (Å²) in [7, 11) is 0. The van der Waals surface area contributed by atoms with E-state index in [-0.39, 0.29) is 6.04 Å². The van der Waals surface area contributed by atoms with E-state index in [0.29, 0.717) is 0 Å². The van der Waals surface area contributed by atoms with Gasteiger partial charge in [0, 0.05) is 22.1 Å². The Balaban J connectivity index is 1.83. The molecule has 0 aliphatic heterocycles. The predicted octanol–water partition coefficient (Wildman–Crippen LogP) is 4.93. The van der Waals surface area contributed by atoms with Gasteiger partial charge in [0.2, 0.25) is 0 Å². The fraction of sp³-hybridized carbons (Fsp3) is 0.211. The Kier molecular flexibility index (Phi) is 3.43. The molecule has 0 amide bonds. The van der Waals surface area contributed by atoms with Gasteiger partial charge in [0.15, 0.2) is 0 Å². The Morgan fingerprint density at radius 2 is 2.05 bits per heavy atom. The molecule has 4 rings (SSSR count). The molecule has 2 heterocycles. The van der Waals surface area contributed by atoms with Crippen LogP contribution >= 0.6 is 11.3 Å². The largest absolute Gasteiger partial charge is 0.325 e. The normalized spacial score (nSPS) is 15.2. The monoisotopic (exact) mass is 306 g/mol. The maximum absolute atomic E-state index is 4.24. The highest BCUT2D eigenvalue weighted by atomic mass is 32.1. The van der Waals surface area contributed by atoms with E-state index in [0.717, 1.165) is 0 Å². The highest BCUT2D eigenvalue weighted by Gasteiger charge is 2.21. The molecular weight excluding hydrogens is 288 g/mol. The first kappa shape index (κ1) is 13.5. The average molecular weight is 306 g/mol. The van der Waals surface area contributed by atoms with Crippen LogP contribution < -0.4 is 0 Å². The molecule has 1 unspecified atom stereocenters. The Labute approximate surface area is 134 Å². The second-order valence-corrected chi connectivity index (χ2v) is 6.97. The van der Waals surface area contributed by atoms with E-state index in [4.69, 9.17) is 0 Å². The summed E-state index contributed by atoms with van der Waals surface area (Å²) >= 11 is 1.92. The Hall–Kier alpha value is -2.13. The number of hydrogen-bond acceptors (Lipinski definition) is 2. The molecule has 3 aromatic rings. The number of aromatic nitrogens is 2. The standard InChI is InChI=1S/C19H18N2S/c1-14-7-8-16-12-18(22-17(16)11-14)19(21-10-9-20-13-21)15-5-3-2-4-6-15/h2-6,9-13,19H,7-8H2,1H3. The maximum Gasteiger partial charge on any atom is 0.0954 e. The van der Waals surface area contributed by atoms with Crippen LogP contribution in [0.15, 0.2) is 60.7 Å². The molecule has 0 saturated heterocycles. The first-order chi connectivity index (χ1) is 10.8. The summed E-state index contributed by atoms with van der Waals surface area (Å²) in [5.41, 5.74) is 4.28. The zero-order chi connectivity index (χ0) is 14.9. The highest BCUT2D eigenvalue weighted by molar-refractivity contribution is 7.13. The topological polar surface area (TPSA) is 17.8 Å². The molecule has 110 valence electrons. The SMILES string of the molecule is CC1=Cc2sc(C(c3ccccc3)n3ccnc3)cc2CC1. The van der Waals surface area contributed by atoms with E-state index in [1.165, 1.54) is 39.3 Å². The van der Waals surface area contributed by atoms with Crippen molar-refractivity contribution in [1.29, 1.82) is 0 Å². The van der Waals surface area contributed by atoms with Gasteiger partial charge in [0.1, 0.15) is 0 Å². The summed E-state index contributed by atoms with van der Waals surface area (Å²) in [6.07, 6.45) is 10.5. The molecule has 22 heavy (non-hydrogen) atoms. The molecule has 1 aliphatic rings. The van der Waals surface area contributed by atoms with Crippen LogP contribution in [0.1, 0.15) is 40.3 Å². The third-order valence-electron chi connectivity index (χ3n) is 4.23. The van der Waals surface area contributed by atoms with Crippen LogP contribution in [0.5, 0.6) is 0 Å². The minimum absolute atomic E-state index is 0.216. The predicted molar refractivity (Wildman–Crippen MR) is 92.2 cm³/mol. The van der Waals surface area contributed by atoms with E-state index >= 15 is 0 Å². The van der Waals surface area contributed by atoms with Crippen LogP contribution in [-0.4, -0.2) is 9.55 Å². The van der Waals surface area contributed by atoms with Gasteiger partial charge < -0.3 is 4.57 Å². The molecule has 2 aromatic heterocycles. The van der Waals surface area contributed by atoms with Crippen molar-refractivity contribution in [3.63, 3.8) is 0 Å². The van der Waals surface area contributed by atoms with Crippen LogP contribution in [0.4, 0.5) is 0 Å². The molecule has 1 aliphatic carbocycles. The molecular formula is C19H18N2S. The van der Waals surface area contributed by atoms with Gasteiger partial charge in [0.25, 0.3) is 0 Å². The number of aryl methyl sites for hydroxylation is 1. The van der Waals surface area contributed by atoms with E-state index < -0.39 is 0 Å². The molecule has 0 fully saturated rings. The first-order valence-corrected chi connectivity index (χ1v) is 8.45. The maximum atomic E-state index is 4.24. The van der Waals surface area contributed by atoms with Gasteiger partial charge in [0.05, 0.1) is 12.4 Å². The van der Waals surface area contributed by atoms with Crippen LogP contribution in [0.25, 0.3) is 6.08 Å². The van der Waals surface area contributed by atoms with E-state index in [1.807, 2.05) is 23.9 Å². The molecule has 0 radical (unpaired) electrons. The van der Waals surface area contributed by atoms with Gasteiger partial charge in [-0.25, -0.2) is 4.98 Å². The lowest BCUT2D eigenvalue weighted by Crippen LogP contribution is -2.08. The number of allylic oxidation sites excluding steroid dienone is 1. The lowest BCUT2D eigenvalue weighted by molar-refractivity contribution is 0.687. The number of hydrogen-bond donors (Lipinski definition) is 0. The van der Waals surface area contributed by atoms with E-state index in [1.54, 1.807) is 0 Å². The summed E-state index contributed by atoms with van der Waals surface area (Å²) in [6, 6.07) is 13.3. The molecule has 0 spiro atoms. The molecule has 0 N–H and O–H groups in total. The van der Waals surface area contributed by atoms with Gasteiger partial charge in [-0.1, -0.05) is 35.9 Å². The molecule has 0 bridgehead atoms. The molecule has 2 nitrogen and oxygen atoms in total. The summed E-state index contributed by atoms with van der Waals surface area (Å²) in [5, 5.41) is 0.